The monoisotopic (exact) mass is 227 g/mol. The molecular formula is C9H10ClN3O2. The number of hydrogen-bond acceptors (Lipinski definition) is 4. The number of rotatable bonds is 4. The normalized spacial score (nSPS) is 10.8. The number of hydrogen-bond donors (Lipinski definition) is 1. The highest BCUT2D eigenvalue weighted by molar-refractivity contribution is 6.31. The molecule has 0 aliphatic heterocycles. The molecule has 0 amide bonds. The van der Waals surface area contributed by atoms with Crippen LogP contribution in [-0.2, 0) is 0 Å². The largest absolute Gasteiger partial charge is 0.330 e. The van der Waals surface area contributed by atoms with Gasteiger partial charge >= 0.3 is 5.69 Å². The molecule has 0 unspecified atom stereocenters. The molecule has 0 bridgehead atoms. The number of nitrogens with two attached hydrogens (primary N) is 1. The predicted octanol–water partition coefficient (Wildman–Crippen LogP) is 2.01. The first-order chi connectivity index (χ1) is 7.15. The van der Waals surface area contributed by atoms with Gasteiger partial charge in [-0.05, 0) is 18.5 Å². The molecule has 0 aromatic carbocycles. The quantitative estimate of drug-likeness (QED) is 0.485. The molecular weight excluding hydrogens is 218 g/mol. The average Bonchev–Trinajstić information content (AvgIpc) is 2.20. The third kappa shape index (κ3) is 3.30. The number of pyridine rings is 1. The highest BCUT2D eigenvalue weighted by Crippen LogP contribution is 2.22. The average molecular weight is 228 g/mol. The lowest BCUT2D eigenvalue weighted by atomic mass is 10.2. The Morgan fingerprint density at radius 2 is 2.40 bits per heavy atom. The summed E-state index contributed by atoms with van der Waals surface area (Å²) in [5, 5.41) is 10.4. The SMILES string of the molecule is NCCC=Cc1cnc(Cl)c([N+](=O)[O-])c1. The second-order valence-corrected chi connectivity index (χ2v) is 3.17. The van der Waals surface area contributed by atoms with E-state index in [0.29, 0.717) is 12.1 Å². The number of nitrogens with zero attached hydrogens (tertiary/aromatic N) is 2. The molecule has 1 rings (SSSR count). The summed E-state index contributed by atoms with van der Waals surface area (Å²) in [5.41, 5.74) is 5.75. The number of halogens is 1. The van der Waals surface area contributed by atoms with E-state index in [1.807, 2.05) is 6.08 Å². The van der Waals surface area contributed by atoms with Gasteiger partial charge in [0.15, 0.2) is 0 Å². The van der Waals surface area contributed by atoms with Crippen LogP contribution in [0.5, 0.6) is 0 Å². The van der Waals surface area contributed by atoms with Gasteiger partial charge in [0, 0.05) is 12.3 Å². The first-order valence-corrected chi connectivity index (χ1v) is 4.69. The van der Waals surface area contributed by atoms with Crippen LogP contribution in [0.2, 0.25) is 5.15 Å². The number of nitro groups is 1. The first kappa shape index (κ1) is 11.6. The molecule has 0 saturated heterocycles. The minimum Gasteiger partial charge on any atom is -0.330 e. The Bertz CT molecular complexity index is 393. The van der Waals surface area contributed by atoms with E-state index < -0.39 is 4.92 Å². The van der Waals surface area contributed by atoms with Gasteiger partial charge in [-0.1, -0.05) is 23.8 Å². The van der Waals surface area contributed by atoms with Gasteiger partial charge in [-0.25, -0.2) is 4.98 Å². The van der Waals surface area contributed by atoms with E-state index in [2.05, 4.69) is 4.98 Å². The Labute approximate surface area is 91.7 Å². The van der Waals surface area contributed by atoms with Crippen molar-refractivity contribution in [3.05, 3.63) is 39.2 Å². The van der Waals surface area contributed by atoms with Crippen LogP contribution in [0.3, 0.4) is 0 Å². The van der Waals surface area contributed by atoms with Crippen LogP contribution in [0.15, 0.2) is 18.3 Å². The summed E-state index contributed by atoms with van der Waals surface area (Å²) in [7, 11) is 0. The third-order valence-corrected chi connectivity index (χ3v) is 1.97. The maximum absolute atomic E-state index is 10.5. The Hall–Kier alpha value is -1.46. The van der Waals surface area contributed by atoms with Gasteiger partial charge in [0.2, 0.25) is 5.15 Å². The lowest BCUT2D eigenvalue weighted by Gasteiger charge is -1.96. The molecule has 0 spiro atoms. The lowest BCUT2D eigenvalue weighted by molar-refractivity contribution is -0.385. The molecule has 0 saturated carbocycles. The predicted molar refractivity (Wildman–Crippen MR) is 58.6 cm³/mol. The minimum atomic E-state index is -0.560. The second kappa shape index (κ2) is 5.43. The van der Waals surface area contributed by atoms with Crippen molar-refractivity contribution in [2.75, 3.05) is 6.54 Å². The molecule has 0 aliphatic rings. The summed E-state index contributed by atoms with van der Waals surface area (Å²) in [4.78, 5) is 13.7. The van der Waals surface area contributed by atoms with Crippen molar-refractivity contribution < 1.29 is 4.92 Å². The van der Waals surface area contributed by atoms with Crippen LogP contribution in [-0.4, -0.2) is 16.5 Å². The maximum Gasteiger partial charge on any atom is 0.307 e. The van der Waals surface area contributed by atoms with E-state index in [4.69, 9.17) is 17.3 Å². The number of aromatic nitrogens is 1. The van der Waals surface area contributed by atoms with Crippen molar-refractivity contribution >= 4 is 23.4 Å². The summed E-state index contributed by atoms with van der Waals surface area (Å²) in [5.74, 6) is 0. The van der Waals surface area contributed by atoms with Crippen molar-refractivity contribution in [1.29, 1.82) is 0 Å². The van der Waals surface area contributed by atoms with Crippen molar-refractivity contribution in [2.45, 2.75) is 6.42 Å². The van der Waals surface area contributed by atoms with E-state index >= 15 is 0 Å². The topological polar surface area (TPSA) is 82.0 Å². The Morgan fingerprint density at radius 3 is 3.00 bits per heavy atom. The fourth-order valence-corrected chi connectivity index (χ4v) is 1.16. The molecule has 1 aromatic heterocycles. The van der Waals surface area contributed by atoms with Crippen LogP contribution >= 0.6 is 11.6 Å². The van der Waals surface area contributed by atoms with Gasteiger partial charge < -0.3 is 5.73 Å². The smallest absolute Gasteiger partial charge is 0.307 e. The van der Waals surface area contributed by atoms with Gasteiger partial charge in [0.05, 0.1) is 4.92 Å². The standard InChI is InChI=1S/C9H10ClN3O2/c10-9-8(13(14)15)5-7(6-12-9)3-1-2-4-11/h1,3,5-6H,2,4,11H2. The zero-order valence-corrected chi connectivity index (χ0v) is 8.65. The summed E-state index contributed by atoms with van der Waals surface area (Å²) in [6, 6.07) is 1.38. The highest BCUT2D eigenvalue weighted by Gasteiger charge is 2.12. The van der Waals surface area contributed by atoms with Crippen LogP contribution in [0.25, 0.3) is 6.08 Å². The maximum atomic E-state index is 10.5. The Kier molecular flexibility index (Phi) is 4.20. The van der Waals surface area contributed by atoms with E-state index in [1.54, 1.807) is 6.08 Å². The van der Waals surface area contributed by atoms with Crippen molar-refractivity contribution in [2.24, 2.45) is 5.73 Å². The molecule has 5 nitrogen and oxygen atoms in total. The molecule has 6 heteroatoms. The summed E-state index contributed by atoms with van der Waals surface area (Å²) in [6.07, 6.45) is 5.75. The zero-order valence-electron chi connectivity index (χ0n) is 7.89. The highest BCUT2D eigenvalue weighted by atomic mass is 35.5. The third-order valence-electron chi connectivity index (χ3n) is 1.68. The van der Waals surface area contributed by atoms with Gasteiger partial charge in [0.1, 0.15) is 0 Å². The van der Waals surface area contributed by atoms with Crippen LogP contribution in [0, 0.1) is 10.1 Å². The van der Waals surface area contributed by atoms with E-state index in [0.717, 1.165) is 6.42 Å². The molecule has 2 N–H and O–H groups in total. The molecule has 15 heavy (non-hydrogen) atoms. The molecule has 0 radical (unpaired) electrons. The Balaban J connectivity index is 2.92. The summed E-state index contributed by atoms with van der Waals surface area (Å²) < 4.78 is 0. The molecule has 0 atom stereocenters. The van der Waals surface area contributed by atoms with Gasteiger partial charge in [-0.2, -0.15) is 0 Å². The van der Waals surface area contributed by atoms with Crippen LogP contribution in [0.1, 0.15) is 12.0 Å². The van der Waals surface area contributed by atoms with Crippen molar-refractivity contribution in [3.63, 3.8) is 0 Å². The van der Waals surface area contributed by atoms with Crippen molar-refractivity contribution in [1.82, 2.24) is 4.98 Å². The van der Waals surface area contributed by atoms with Crippen molar-refractivity contribution in [3.8, 4) is 0 Å². The molecule has 0 fully saturated rings. The van der Waals surface area contributed by atoms with Crippen LogP contribution in [0.4, 0.5) is 5.69 Å². The van der Waals surface area contributed by atoms with Gasteiger partial charge in [-0.3, -0.25) is 10.1 Å². The van der Waals surface area contributed by atoms with Gasteiger partial charge in [0.25, 0.3) is 0 Å². The summed E-state index contributed by atoms with van der Waals surface area (Å²) in [6.45, 7) is 0.541. The fourth-order valence-electron chi connectivity index (χ4n) is 0.987. The van der Waals surface area contributed by atoms with Gasteiger partial charge in [-0.15, -0.1) is 0 Å². The molecule has 0 aliphatic carbocycles. The molecule has 1 aromatic rings. The molecule has 80 valence electrons. The van der Waals surface area contributed by atoms with E-state index in [-0.39, 0.29) is 10.8 Å². The van der Waals surface area contributed by atoms with Crippen LogP contribution < -0.4 is 5.73 Å². The van der Waals surface area contributed by atoms with E-state index in [1.165, 1.54) is 12.3 Å². The Morgan fingerprint density at radius 1 is 1.67 bits per heavy atom. The fraction of sp³-hybridized carbons (Fsp3) is 0.222. The molecule has 1 heterocycles. The summed E-state index contributed by atoms with van der Waals surface area (Å²) >= 11 is 5.56. The first-order valence-electron chi connectivity index (χ1n) is 4.31. The minimum absolute atomic E-state index is 0.101. The zero-order chi connectivity index (χ0) is 11.3. The van der Waals surface area contributed by atoms with E-state index in [9.17, 15) is 10.1 Å². The lowest BCUT2D eigenvalue weighted by Crippen LogP contribution is -1.95. The second-order valence-electron chi connectivity index (χ2n) is 2.82.